The lowest BCUT2D eigenvalue weighted by atomic mass is 10.0. The van der Waals surface area contributed by atoms with Crippen molar-refractivity contribution >= 4 is 9.84 Å². The molecule has 0 unspecified atom stereocenters. The van der Waals surface area contributed by atoms with Crippen LogP contribution < -0.4 is 0 Å². The summed E-state index contributed by atoms with van der Waals surface area (Å²) in [6, 6.07) is 17.9. The Kier molecular flexibility index (Phi) is 6.59. The standard InChI is InChI=1S/C25H31NO3S/c1-20-11-14-23(15-12-20)30(27,28)25-16-13-22-9-5-17-26(22)24(25)10-6-18-29-19-21-7-3-2-4-8-21/h2-4,7-8,11-12,14-15,22H,5-6,9-10,13,16-19H2,1H3/t22-/m0/s1. The van der Waals surface area contributed by atoms with E-state index in [1.165, 1.54) is 6.42 Å². The summed E-state index contributed by atoms with van der Waals surface area (Å²) in [6.07, 6.45) is 5.50. The second-order valence-corrected chi connectivity index (χ2v) is 10.3. The molecule has 0 N–H and O–H groups in total. The van der Waals surface area contributed by atoms with Gasteiger partial charge in [0.1, 0.15) is 0 Å². The molecule has 4 nitrogen and oxygen atoms in total. The third kappa shape index (κ3) is 4.62. The summed E-state index contributed by atoms with van der Waals surface area (Å²) in [7, 11) is -3.46. The van der Waals surface area contributed by atoms with Crippen molar-refractivity contribution in [3.8, 4) is 0 Å². The molecule has 160 valence electrons. The lowest BCUT2D eigenvalue weighted by Gasteiger charge is -2.36. The molecule has 30 heavy (non-hydrogen) atoms. The van der Waals surface area contributed by atoms with E-state index in [9.17, 15) is 8.42 Å². The van der Waals surface area contributed by atoms with Crippen LogP contribution in [-0.2, 0) is 21.2 Å². The lowest BCUT2D eigenvalue weighted by Crippen LogP contribution is -2.35. The summed E-state index contributed by atoms with van der Waals surface area (Å²) in [4.78, 5) is 3.42. The number of hydrogen-bond donors (Lipinski definition) is 0. The molecule has 0 radical (unpaired) electrons. The van der Waals surface area contributed by atoms with Gasteiger partial charge in [-0.25, -0.2) is 8.42 Å². The smallest absolute Gasteiger partial charge is 0.204 e. The van der Waals surface area contributed by atoms with Crippen molar-refractivity contribution in [3.05, 3.63) is 76.3 Å². The zero-order chi connectivity index (χ0) is 21.0. The molecule has 1 fully saturated rings. The molecular formula is C25H31NO3S. The summed E-state index contributed by atoms with van der Waals surface area (Å²) >= 11 is 0. The average molecular weight is 426 g/mol. The molecule has 2 aliphatic rings. The molecule has 2 aliphatic heterocycles. The quantitative estimate of drug-likeness (QED) is 0.543. The van der Waals surface area contributed by atoms with Crippen LogP contribution in [-0.4, -0.2) is 32.5 Å². The van der Waals surface area contributed by atoms with Crippen LogP contribution in [0.25, 0.3) is 0 Å². The molecule has 0 bridgehead atoms. The number of fused-ring (bicyclic) bond motifs is 1. The zero-order valence-electron chi connectivity index (χ0n) is 17.7. The molecule has 2 aromatic carbocycles. The van der Waals surface area contributed by atoms with E-state index >= 15 is 0 Å². The molecule has 0 spiro atoms. The SMILES string of the molecule is Cc1ccc(S(=O)(=O)C2=C(CCCOCc3ccccc3)N3CCC[C@H]3CC2)cc1. The second-order valence-electron chi connectivity index (χ2n) is 8.36. The molecular weight excluding hydrogens is 394 g/mol. The second kappa shape index (κ2) is 9.36. The Morgan fingerprint density at radius 2 is 1.80 bits per heavy atom. The van der Waals surface area contributed by atoms with Crippen molar-refractivity contribution in [2.75, 3.05) is 13.2 Å². The van der Waals surface area contributed by atoms with E-state index in [1.807, 2.05) is 37.3 Å². The fraction of sp³-hybridized carbons (Fsp3) is 0.440. The maximum Gasteiger partial charge on any atom is 0.204 e. The molecule has 0 aromatic heterocycles. The topological polar surface area (TPSA) is 46.6 Å². The molecule has 0 saturated carbocycles. The van der Waals surface area contributed by atoms with Gasteiger partial charge in [0.2, 0.25) is 9.84 Å². The maximum atomic E-state index is 13.5. The van der Waals surface area contributed by atoms with Crippen LogP contribution in [0.5, 0.6) is 0 Å². The third-order valence-corrected chi connectivity index (χ3v) is 8.20. The number of allylic oxidation sites excluding steroid dienone is 2. The van der Waals surface area contributed by atoms with E-state index in [2.05, 4.69) is 17.0 Å². The molecule has 5 heteroatoms. The highest BCUT2D eigenvalue weighted by molar-refractivity contribution is 7.95. The lowest BCUT2D eigenvalue weighted by molar-refractivity contribution is 0.116. The highest BCUT2D eigenvalue weighted by Gasteiger charge is 2.36. The number of sulfone groups is 1. The summed E-state index contributed by atoms with van der Waals surface area (Å²) in [5, 5.41) is 0. The number of aryl methyl sites for hydroxylation is 1. The van der Waals surface area contributed by atoms with Crippen molar-refractivity contribution < 1.29 is 13.2 Å². The first-order valence-electron chi connectivity index (χ1n) is 11.0. The molecule has 0 aliphatic carbocycles. The van der Waals surface area contributed by atoms with Gasteiger partial charge in [-0.2, -0.15) is 0 Å². The van der Waals surface area contributed by atoms with Gasteiger partial charge in [0.05, 0.1) is 16.4 Å². The van der Waals surface area contributed by atoms with Crippen molar-refractivity contribution in [1.82, 2.24) is 4.90 Å². The molecule has 4 rings (SSSR count). The largest absolute Gasteiger partial charge is 0.377 e. The zero-order valence-corrected chi connectivity index (χ0v) is 18.5. The van der Waals surface area contributed by atoms with Crippen LogP contribution in [0.15, 0.2) is 70.1 Å². The van der Waals surface area contributed by atoms with Gasteiger partial charge in [-0.05, 0) is 63.1 Å². The first-order valence-corrected chi connectivity index (χ1v) is 12.5. The number of nitrogens with zero attached hydrogens (tertiary/aromatic N) is 1. The van der Waals surface area contributed by atoms with E-state index in [-0.39, 0.29) is 0 Å². The highest BCUT2D eigenvalue weighted by atomic mass is 32.2. The number of ether oxygens (including phenoxy) is 1. The van der Waals surface area contributed by atoms with Crippen LogP contribution in [0.2, 0.25) is 0 Å². The minimum atomic E-state index is -3.46. The van der Waals surface area contributed by atoms with E-state index < -0.39 is 9.84 Å². The minimum absolute atomic E-state index is 0.415. The van der Waals surface area contributed by atoms with E-state index in [0.717, 1.165) is 49.1 Å². The minimum Gasteiger partial charge on any atom is -0.377 e. The molecule has 1 atom stereocenters. The molecule has 1 saturated heterocycles. The molecule has 2 heterocycles. The Hall–Kier alpha value is -2.11. The van der Waals surface area contributed by atoms with Gasteiger partial charge < -0.3 is 9.64 Å². The van der Waals surface area contributed by atoms with Gasteiger partial charge in [-0.1, -0.05) is 48.0 Å². The summed E-state index contributed by atoms with van der Waals surface area (Å²) in [6.45, 7) is 4.18. The van der Waals surface area contributed by atoms with Crippen molar-refractivity contribution in [3.63, 3.8) is 0 Å². The monoisotopic (exact) mass is 425 g/mol. The summed E-state index contributed by atoms with van der Waals surface area (Å²) in [5.74, 6) is 0. The van der Waals surface area contributed by atoms with Crippen molar-refractivity contribution in [2.45, 2.75) is 63.0 Å². The van der Waals surface area contributed by atoms with Gasteiger partial charge in [0, 0.05) is 24.9 Å². The van der Waals surface area contributed by atoms with E-state index in [4.69, 9.17) is 4.74 Å². The fourth-order valence-electron chi connectivity index (χ4n) is 4.63. The number of benzene rings is 2. The van der Waals surface area contributed by atoms with Gasteiger partial charge in [0.25, 0.3) is 0 Å². The van der Waals surface area contributed by atoms with Crippen molar-refractivity contribution in [2.24, 2.45) is 0 Å². The predicted molar refractivity (Wildman–Crippen MR) is 120 cm³/mol. The van der Waals surface area contributed by atoms with Gasteiger partial charge in [0.15, 0.2) is 0 Å². The summed E-state index contributed by atoms with van der Waals surface area (Å²) < 4.78 is 32.8. The number of rotatable bonds is 8. The van der Waals surface area contributed by atoms with Gasteiger partial charge >= 0.3 is 0 Å². The maximum absolute atomic E-state index is 13.5. The fourth-order valence-corrected chi connectivity index (χ4v) is 6.33. The third-order valence-electron chi connectivity index (χ3n) is 6.22. The average Bonchev–Trinajstić information content (AvgIpc) is 3.24. The van der Waals surface area contributed by atoms with Gasteiger partial charge in [-0.15, -0.1) is 0 Å². The van der Waals surface area contributed by atoms with Crippen LogP contribution in [0.3, 0.4) is 0 Å². The van der Waals surface area contributed by atoms with E-state index in [0.29, 0.717) is 35.5 Å². The highest BCUT2D eigenvalue weighted by Crippen LogP contribution is 2.39. The first kappa shape index (κ1) is 21.1. The summed E-state index contributed by atoms with van der Waals surface area (Å²) in [5.41, 5.74) is 3.27. The molecule has 2 aromatic rings. The van der Waals surface area contributed by atoms with Crippen LogP contribution in [0.4, 0.5) is 0 Å². The Bertz CT molecular complexity index is 981. The number of hydrogen-bond acceptors (Lipinski definition) is 4. The van der Waals surface area contributed by atoms with Crippen molar-refractivity contribution in [1.29, 1.82) is 0 Å². The van der Waals surface area contributed by atoms with Crippen LogP contribution in [0.1, 0.15) is 49.7 Å². The Balaban J connectivity index is 1.49. The van der Waals surface area contributed by atoms with Crippen LogP contribution in [0, 0.1) is 6.92 Å². The predicted octanol–water partition coefficient (Wildman–Crippen LogP) is 5.24. The Labute approximate surface area is 180 Å². The first-order chi connectivity index (χ1) is 14.6. The van der Waals surface area contributed by atoms with E-state index in [1.54, 1.807) is 12.1 Å². The Morgan fingerprint density at radius 3 is 2.57 bits per heavy atom. The normalized spacial score (nSPS) is 19.2. The molecule has 0 amide bonds. The van der Waals surface area contributed by atoms with Gasteiger partial charge in [-0.3, -0.25) is 0 Å². The Morgan fingerprint density at radius 1 is 1.03 bits per heavy atom. The van der Waals surface area contributed by atoms with Crippen LogP contribution >= 0.6 is 0 Å².